The van der Waals surface area contributed by atoms with Crippen molar-refractivity contribution >= 4 is 17.5 Å². The average molecular weight is 388 g/mol. The minimum absolute atomic E-state index is 0.205. The lowest BCUT2D eigenvalue weighted by atomic mass is 9.46. The van der Waals surface area contributed by atoms with Crippen molar-refractivity contribution in [3.05, 3.63) is 11.6 Å². The summed E-state index contributed by atoms with van der Waals surface area (Å²) >= 11 is 0. The second kappa shape index (κ2) is 7.00. The molecule has 0 radical (unpaired) electrons. The molecule has 4 aliphatic carbocycles. The Morgan fingerprint density at radius 2 is 1.93 bits per heavy atom. The number of carboxylic acid groups (broad SMARTS) is 1. The Labute approximate surface area is 167 Å². The van der Waals surface area contributed by atoms with Crippen LogP contribution in [-0.4, -0.2) is 29.2 Å². The molecule has 0 aliphatic heterocycles. The number of hydrogen-bond donors (Lipinski definition) is 1. The van der Waals surface area contributed by atoms with Crippen molar-refractivity contribution < 1.29 is 19.5 Å². The summed E-state index contributed by atoms with van der Waals surface area (Å²) in [5, 5.41) is 12.8. The number of allylic oxidation sites excluding steroid dienone is 2. The van der Waals surface area contributed by atoms with Gasteiger partial charge in [0.1, 0.15) is 5.78 Å². The van der Waals surface area contributed by atoms with Crippen LogP contribution >= 0.6 is 0 Å². The standard InChI is InChI=1S/C23H33NO4/c1-14(25)18-6-7-19-17-5-4-15-12-16(24-28-13-21(26)27)8-10-22(15,2)20(17)9-11-23(18,19)3/h12,17-20H,4-11,13H2,1-3H3,(H,26,27)/b24-16+/t17-,18+,19-,20-,22-,23+/m1/s1. The number of carbonyl (C=O) groups excluding carboxylic acids is 1. The van der Waals surface area contributed by atoms with E-state index < -0.39 is 5.97 Å². The monoisotopic (exact) mass is 387 g/mol. The van der Waals surface area contributed by atoms with Gasteiger partial charge < -0.3 is 9.94 Å². The van der Waals surface area contributed by atoms with E-state index in [2.05, 4.69) is 25.1 Å². The third-order valence-electron chi connectivity index (χ3n) is 8.84. The fourth-order valence-electron chi connectivity index (χ4n) is 7.48. The normalized spacial score (nSPS) is 43.5. The molecule has 4 rings (SSSR count). The van der Waals surface area contributed by atoms with Crippen LogP contribution in [-0.2, 0) is 14.4 Å². The lowest BCUT2D eigenvalue weighted by Crippen LogP contribution is -2.51. The van der Waals surface area contributed by atoms with Gasteiger partial charge in [0.05, 0.1) is 5.71 Å². The fraction of sp³-hybridized carbons (Fsp3) is 0.783. The first-order valence-corrected chi connectivity index (χ1v) is 10.9. The van der Waals surface area contributed by atoms with Crippen LogP contribution in [0.25, 0.3) is 0 Å². The summed E-state index contributed by atoms with van der Waals surface area (Å²) in [5.74, 6) is 1.77. The highest BCUT2D eigenvalue weighted by Crippen LogP contribution is 2.66. The molecule has 1 N–H and O–H groups in total. The number of oxime groups is 1. The van der Waals surface area contributed by atoms with E-state index in [0.717, 1.165) is 37.3 Å². The van der Waals surface area contributed by atoms with Crippen LogP contribution in [0.2, 0.25) is 0 Å². The maximum atomic E-state index is 12.3. The van der Waals surface area contributed by atoms with Gasteiger partial charge in [-0.25, -0.2) is 4.79 Å². The van der Waals surface area contributed by atoms with E-state index in [1.807, 2.05) is 0 Å². The molecule has 0 amide bonds. The van der Waals surface area contributed by atoms with Crippen LogP contribution in [0.4, 0.5) is 0 Å². The molecule has 0 bridgehead atoms. The molecule has 0 aromatic rings. The number of hydrogen-bond acceptors (Lipinski definition) is 4. The number of carboxylic acids is 1. The first-order chi connectivity index (χ1) is 13.3. The molecule has 154 valence electrons. The van der Waals surface area contributed by atoms with Crippen LogP contribution < -0.4 is 0 Å². The molecule has 0 unspecified atom stereocenters. The van der Waals surface area contributed by atoms with E-state index in [0.29, 0.717) is 17.6 Å². The molecule has 3 fully saturated rings. The van der Waals surface area contributed by atoms with Crippen molar-refractivity contribution in [3.63, 3.8) is 0 Å². The van der Waals surface area contributed by atoms with E-state index in [4.69, 9.17) is 9.94 Å². The van der Waals surface area contributed by atoms with Crippen molar-refractivity contribution in [3.8, 4) is 0 Å². The molecule has 3 saturated carbocycles. The predicted molar refractivity (Wildman–Crippen MR) is 107 cm³/mol. The summed E-state index contributed by atoms with van der Waals surface area (Å²) in [6, 6.07) is 0. The molecule has 5 nitrogen and oxygen atoms in total. The molecule has 0 heterocycles. The molecule has 0 spiro atoms. The molecule has 0 saturated heterocycles. The zero-order chi connectivity index (χ0) is 20.1. The molecule has 5 heteroatoms. The quantitative estimate of drug-likeness (QED) is 0.715. The Balaban J connectivity index is 1.55. The third-order valence-corrected chi connectivity index (χ3v) is 8.84. The van der Waals surface area contributed by atoms with Crippen molar-refractivity contribution in [2.45, 2.75) is 72.1 Å². The number of aliphatic carboxylic acids is 1. The summed E-state index contributed by atoms with van der Waals surface area (Å²) in [4.78, 5) is 27.8. The van der Waals surface area contributed by atoms with Gasteiger partial charge in [0.15, 0.2) is 0 Å². The van der Waals surface area contributed by atoms with E-state index in [-0.39, 0.29) is 23.4 Å². The molecule has 6 atom stereocenters. The number of nitrogens with zero attached hydrogens (tertiary/aromatic N) is 1. The Morgan fingerprint density at radius 3 is 2.64 bits per heavy atom. The van der Waals surface area contributed by atoms with Gasteiger partial charge in [-0.05, 0) is 93.0 Å². The Bertz CT molecular complexity index is 741. The maximum Gasteiger partial charge on any atom is 0.344 e. The molecular weight excluding hydrogens is 354 g/mol. The predicted octanol–water partition coefficient (Wildman–Crippen LogP) is 4.61. The summed E-state index contributed by atoms with van der Waals surface area (Å²) in [6.07, 6.45) is 11.1. The minimum Gasteiger partial charge on any atom is -0.479 e. The molecular formula is C23H33NO4. The molecule has 0 aromatic heterocycles. The van der Waals surface area contributed by atoms with Crippen LogP contribution in [0.15, 0.2) is 16.8 Å². The van der Waals surface area contributed by atoms with Crippen LogP contribution in [0.1, 0.15) is 72.1 Å². The SMILES string of the molecule is CC(=O)[C@@H]1CC[C@@H]2[C@H]3CCC4=C/C(=N/OCC(=O)O)CC[C@@]4(C)[C@@H]3CC[C@]21C. The average Bonchev–Trinajstić information content (AvgIpc) is 2.99. The van der Waals surface area contributed by atoms with Gasteiger partial charge in [-0.3, -0.25) is 4.79 Å². The molecule has 28 heavy (non-hydrogen) atoms. The number of ketones is 1. The van der Waals surface area contributed by atoms with Crippen molar-refractivity contribution in [1.29, 1.82) is 0 Å². The molecule has 0 aromatic carbocycles. The summed E-state index contributed by atoms with van der Waals surface area (Å²) in [6.45, 7) is 6.24. The Hall–Kier alpha value is -1.65. The van der Waals surface area contributed by atoms with Gasteiger partial charge >= 0.3 is 5.97 Å². The highest BCUT2D eigenvalue weighted by molar-refractivity contribution is 5.96. The Kier molecular flexibility index (Phi) is 4.91. The van der Waals surface area contributed by atoms with Crippen molar-refractivity contribution in [2.75, 3.05) is 6.61 Å². The lowest BCUT2D eigenvalue weighted by molar-refractivity contribution is -0.142. The van der Waals surface area contributed by atoms with E-state index in [9.17, 15) is 9.59 Å². The number of Topliss-reactive ketones (excluding diaryl/α,β-unsaturated/α-hetero) is 1. The maximum absolute atomic E-state index is 12.3. The number of carbonyl (C=O) groups is 2. The van der Waals surface area contributed by atoms with Gasteiger partial charge in [0, 0.05) is 5.92 Å². The van der Waals surface area contributed by atoms with Crippen molar-refractivity contribution in [1.82, 2.24) is 0 Å². The fourth-order valence-corrected chi connectivity index (χ4v) is 7.48. The largest absolute Gasteiger partial charge is 0.479 e. The third kappa shape index (κ3) is 3.02. The Morgan fingerprint density at radius 1 is 1.14 bits per heavy atom. The first kappa shape index (κ1) is 19.7. The lowest BCUT2D eigenvalue weighted by Gasteiger charge is -2.58. The minimum atomic E-state index is -0.996. The second-order valence-electron chi connectivity index (χ2n) is 10.0. The summed E-state index contributed by atoms with van der Waals surface area (Å²) in [7, 11) is 0. The van der Waals surface area contributed by atoms with Crippen LogP contribution in [0.3, 0.4) is 0 Å². The van der Waals surface area contributed by atoms with Gasteiger partial charge in [0.2, 0.25) is 6.61 Å². The van der Waals surface area contributed by atoms with Crippen LogP contribution in [0, 0.1) is 34.5 Å². The number of fused-ring (bicyclic) bond motifs is 5. The second-order valence-corrected chi connectivity index (χ2v) is 10.0. The van der Waals surface area contributed by atoms with Gasteiger partial charge in [0.25, 0.3) is 0 Å². The highest BCUT2D eigenvalue weighted by Gasteiger charge is 2.59. The van der Waals surface area contributed by atoms with E-state index in [1.165, 1.54) is 31.3 Å². The first-order valence-electron chi connectivity index (χ1n) is 10.9. The highest BCUT2D eigenvalue weighted by atomic mass is 16.6. The van der Waals surface area contributed by atoms with Crippen molar-refractivity contribution in [2.24, 2.45) is 39.7 Å². The van der Waals surface area contributed by atoms with E-state index in [1.54, 1.807) is 6.92 Å². The smallest absolute Gasteiger partial charge is 0.344 e. The van der Waals surface area contributed by atoms with Gasteiger partial charge in [-0.15, -0.1) is 0 Å². The molecule has 4 aliphatic rings. The topological polar surface area (TPSA) is 76.0 Å². The zero-order valence-corrected chi connectivity index (χ0v) is 17.4. The van der Waals surface area contributed by atoms with E-state index >= 15 is 0 Å². The summed E-state index contributed by atoms with van der Waals surface area (Å²) < 4.78 is 0. The zero-order valence-electron chi connectivity index (χ0n) is 17.4. The van der Waals surface area contributed by atoms with Gasteiger partial charge in [-0.1, -0.05) is 24.6 Å². The summed E-state index contributed by atoms with van der Waals surface area (Å²) in [5.41, 5.74) is 2.77. The van der Waals surface area contributed by atoms with Crippen LogP contribution in [0.5, 0.6) is 0 Å². The van der Waals surface area contributed by atoms with Gasteiger partial charge in [-0.2, -0.15) is 0 Å². The number of rotatable bonds is 4.